The fourth-order valence-electron chi connectivity index (χ4n) is 1.51. The molecular formula is C10H7KN6O. The smallest absolute Gasteiger partial charge is 0.330 e. The van der Waals surface area contributed by atoms with Crippen molar-refractivity contribution in [1.82, 2.24) is 30.0 Å². The third-order valence-corrected chi connectivity index (χ3v) is 2.29. The molecule has 0 unspecified atom stereocenters. The van der Waals surface area contributed by atoms with Crippen LogP contribution in [0.3, 0.4) is 0 Å². The van der Waals surface area contributed by atoms with Crippen LogP contribution in [-0.2, 0) is 0 Å². The van der Waals surface area contributed by atoms with E-state index >= 15 is 0 Å². The Bertz CT molecular complexity index is 829. The molecule has 7 nitrogen and oxygen atoms in total. The Morgan fingerprint density at radius 2 is 2.39 bits per heavy atom. The molecule has 8 heteroatoms. The number of nitrogens with zero attached hydrogens (tertiary/aromatic N) is 6. The van der Waals surface area contributed by atoms with Crippen molar-refractivity contribution < 1.29 is 55.5 Å². The number of tetrazole rings is 1. The molecule has 84 valence electrons. The Labute approximate surface area is 148 Å². The minimum absolute atomic E-state index is 0. The monoisotopic (exact) mass is 269 g/mol. The first-order valence-electron chi connectivity index (χ1n) is 6.18. The van der Waals surface area contributed by atoms with Gasteiger partial charge in [-0.15, -0.1) is 0 Å². The van der Waals surface area contributed by atoms with Gasteiger partial charge in [-0.25, -0.2) is 4.98 Å². The number of rotatable bonds is 1. The van der Waals surface area contributed by atoms with E-state index in [0.29, 0.717) is 0 Å². The Hall–Kier alpha value is -0.934. The van der Waals surface area contributed by atoms with Gasteiger partial charge in [0.1, 0.15) is 5.65 Å². The van der Waals surface area contributed by atoms with E-state index in [4.69, 9.17) is 4.11 Å². The minimum Gasteiger partial charge on any atom is -0.330 e. The van der Waals surface area contributed by atoms with Crippen LogP contribution in [0.2, 0.25) is 0 Å². The van der Waals surface area contributed by atoms with Gasteiger partial charge in [-0.05, 0) is 18.5 Å². The molecule has 0 aromatic carbocycles. The van der Waals surface area contributed by atoms with Gasteiger partial charge in [0.05, 0.1) is 5.56 Å². The number of hydrogen-bond donors (Lipinski definition) is 0. The summed E-state index contributed by atoms with van der Waals surface area (Å²) in [5.74, 6) is 0.0520. The first kappa shape index (κ1) is 9.93. The van der Waals surface area contributed by atoms with Gasteiger partial charge < -0.3 is 5.10 Å². The molecule has 0 atom stereocenters. The fourth-order valence-corrected chi connectivity index (χ4v) is 1.51. The fraction of sp³-hybridized carbons (Fsp3) is 0.100. The number of aromatic nitrogens is 6. The summed E-state index contributed by atoms with van der Waals surface area (Å²) in [5.41, 5.74) is -0.289. The first-order chi connectivity index (χ1) is 9.48. The van der Waals surface area contributed by atoms with Crippen molar-refractivity contribution in [3.63, 3.8) is 0 Å². The Balaban J connectivity index is 0.00000161. The maximum Gasteiger partial charge on any atom is 1.00 e. The van der Waals surface area contributed by atoms with E-state index in [1.165, 1.54) is 24.5 Å². The summed E-state index contributed by atoms with van der Waals surface area (Å²) in [5, 5.41) is 13.8. The molecule has 0 radical (unpaired) electrons. The van der Waals surface area contributed by atoms with Crippen LogP contribution in [0.25, 0.3) is 17.0 Å². The summed E-state index contributed by atoms with van der Waals surface area (Å²) in [6.07, 6.45) is 2.67. The van der Waals surface area contributed by atoms with E-state index in [-0.39, 0.29) is 74.0 Å². The number of hydrogen-bond acceptors (Lipinski definition) is 5. The molecule has 0 aliphatic rings. The summed E-state index contributed by atoms with van der Waals surface area (Å²) in [6.45, 7) is -2.35. The summed E-state index contributed by atoms with van der Waals surface area (Å²) in [7, 11) is 0. The molecule has 0 amide bonds. The molecular weight excluding hydrogens is 259 g/mol. The zero-order valence-corrected chi connectivity index (χ0v) is 12.5. The average molecular weight is 269 g/mol. The van der Waals surface area contributed by atoms with E-state index in [0.717, 1.165) is 4.40 Å². The summed E-state index contributed by atoms with van der Waals surface area (Å²) >= 11 is 0. The van der Waals surface area contributed by atoms with E-state index < -0.39 is 12.4 Å². The van der Waals surface area contributed by atoms with Gasteiger partial charge in [0.2, 0.25) is 0 Å². The van der Waals surface area contributed by atoms with Crippen LogP contribution >= 0.6 is 0 Å². The molecule has 3 aromatic rings. The number of aryl methyl sites for hydroxylation is 1. The summed E-state index contributed by atoms with van der Waals surface area (Å²) < 4.78 is 23.5. The molecule has 0 aliphatic heterocycles. The topological polar surface area (TPSA) is 87.1 Å². The second-order valence-corrected chi connectivity index (χ2v) is 3.29. The van der Waals surface area contributed by atoms with Gasteiger partial charge in [-0.3, -0.25) is 19.5 Å². The molecule has 3 aromatic heterocycles. The predicted molar refractivity (Wildman–Crippen MR) is 58.3 cm³/mol. The van der Waals surface area contributed by atoms with Crippen LogP contribution in [0.1, 0.15) is 9.68 Å². The maximum absolute atomic E-state index is 12.3. The van der Waals surface area contributed by atoms with Gasteiger partial charge in [-0.2, -0.15) is 5.21 Å². The Kier molecular flexibility index (Phi) is 2.96. The van der Waals surface area contributed by atoms with E-state index in [9.17, 15) is 4.79 Å². The molecule has 0 fully saturated rings. The average Bonchev–Trinajstić information content (AvgIpc) is 2.91. The van der Waals surface area contributed by atoms with Gasteiger partial charge in [0, 0.05) is 22.3 Å². The van der Waals surface area contributed by atoms with Crippen LogP contribution in [-0.4, -0.2) is 24.9 Å². The van der Waals surface area contributed by atoms with Crippen molar-refractivity contribution in [3.8, 4) is 11.4 Å². The predicted octanol–water partition coefficient (Wildman–Crippen LogP) is -3.18. The second kappa shape index (κ2) is 5.37. The molecule has 0 N–H and O–H groups in total. The van der Waals surface area contributed by atoms with Crippen molar-refractivity contribution in [1.29, 1.82) is 0 Å². The molecule has 18 heavy (non-hydrogen) atoms. The number of pyridine rings is 1. The molecule has 0 saturated carbocycles. The van der Waals surface area contributed by atoms with E-state index in [2.05, 4.69) is 25.6 Å². The minimum atomic E-state index is -2.35. The van der Waals surface area contributed by atoms with Gasteiger partial charge in [0.15, 0.2) is 0 Å². The largest absolute Gasteiger partial charge is 1.00 e. The van der Waals surface area contributed by atoms with E-state index in [1.54, 1.807) is 0 Å². The van der Waals surface area contributed by atoms with Gasteiger partial charge in [-0.1, -0.05) is 6.07 Å². The molecule has 3 rings (SSSR count). The summed E-state index contributed by atoms with van der Waals surface area (Å²) in [6, 6.07) is 2.89. The zero-order chi connectivity index (χ0) is 14.3. The first-order valence-corrected chi connectivity index (χ1v) is 4.68. The second-order valence-electron chi connectivity index (χ2n) is 3.29. The van der Waals surface area contributed by atoms with Crippen molar-refractivity contribution in [2.24, 2.45) is 0 Å². The van der Waals surface area contributed by atoms with Crippen LogP contribution in [0.4, 0.5) is 0 Å². The third-order valence-electron chi connectivity index (χ3n) is 2.29. The van der Waals surface area contributed by atoms with Crippen molar-refractivity contribution in [3.05, 3.63) is 40.4 Å². The molecule has 0 spiro atoms. The van der Waals surface area contributed by atoms with Gasteiger partial charge >= 0.3 is 51.4 Å². The van der Waals surface area contributed by atoms with Crippen LogP contribution in [0, 0.1) is 6.85 Å². The van der Waals surface area contributed by atoms with Crippen molar-refractivity contribution >= 4 is 5.65 Å². The molecule has 0 aliphatic carbocycles. The van der Waals surface area contributed by atoms with Crippen LogP contribution in [0.15, 0.2) is 29.3 Å². The SMILES string of the molecule is [2H]C([2H])([2H])c1cccn2c(=O)c(-c3nnn[n-]3)cnc12.[K+]. The number of fused-ring (bicyclic) bond motifs is 1. The van der Waals surface area contributed by atoms with Crippen LogP contribution in [0.5, 0.6) is 0 Å². The Morgan fingerprint density at radius 1 is 1.50 bits per heavy atom. The standard InChI is InChI=1S/C10H7N6O.K/c1-6-3-2-4-16-9(6)11-5-7(10(16)17)8-12-14-15-13-8;/h2-5H,1H3;/q-1;+1/i1D3;. The zero-order valence-electron chi connectivity index (χ0n) is 12.4. The van der Waals surface area contributed by atoms with Gasteiger partial charge in [0.25, 0.3) is 5.56 Å². The maximum atomic E-state index is 12.3. The van der Waals surface area contributed by atoms with E-state index in [1.807, 2.05) is 0 Å². The quantitative estimate of drug-likeness (QED) is 0.433. The third kappa shape index (κ3) is 2.17. The summed E-state index contributed by atoms with van der Waals surface area (Å²) in [4.78, 5) is 16.3. The molecule has 0 saturated heterocycles. The molecule has 3 heterocycles. The Morgan fingerprint density at radius 3 is 3.11 bits per heavy atom. The normalized spacial score (nSPS) is 13.4. The van der Waals surface area contributed by atoms with Crippen LogP contribution < -0.4 is 62.0 Å². The molecule has 0 bridgehead atoms. The van der Waals surface area contributed by atoms with Crippen molar-refractivity contribution in [2.75, 3.05) is 0 Å². The van der Waals surface area contributed by atoms with Crippen molar-refractivity contribution in [2.45, 2.75) is 6.85 Å².